The molecule has 8 heteroatoms. The lowest BCUT2D eigenvalue weighted by Gasteiger charge is -2.08. The number of carbonyl (C=O) groups is 1. The second-order valence-corrected chi connectivity index (χ2v) is 5.60. The summed E-state index contributed by atoms with van der Waals surface area (Å²) in [6, 6.07) is 10.1. The van der Waals surface area contributed by atoms with Crippen molar-refractivity contribution in [2.45, 2.75) is 0 Å². The van der Waals surface area contributed by atoms with Gasteiger partial charge in [-0.05, 0) is 36.4 Å². The topological polar surface area (TPSA) is 82.3 Å². The molecule has 3 aromatic rings. The molecule has 0 aliphatic heterocycles. The number of non-ortho nitro benzene ring substituents is 1. The molecule has 0 aliphatic carbocycles. The SMILES string of the molecule is O=C(Oc1ccc([N+](=O)[O-])c2cccnc12)c1ccc(Cl)cc1Cl. The molecule has 0 saturated carbocycles. The Morgan fingerprint density at radius 2 is 1.96 bits per heavy atom. The van der Waals surface area contributed by atoms with Gasteiger partial charge in [0, 0.05) is 17.3 Å². The second kappa shape index (κ2) is 6.43. The molecular weight excluding hydrogens is 355 g/mol. The number of nitro benzene ring substituents is 1. The molecule has 6 nitrogen and oxygen atoms in total. The van der Waals surface area contributed by atoms with E-state index in [4.69, 9.17) is 27.9 Å². The van der Waals surface area contributed by atoms with E-state index < -0.39 is 10.9 Å². The molecule has 0 aliphatic rings. The highest BCUT2D eigenvalue weighted by Gasteiger charge is 2.19. The number of ether oxygens (including phenoxy) is 1. The van der Waals surface area contributed by atoms with Crippen LogP contribution in [0.3, 0.4) is 0 Å². The Balaban J connectivity index is 2.03. The van der Waals surface area contributed by atoms with Gasteiger partial charge < -0.3 is 4.74 Å². The number of esters is 1. The van der Waals surface area contributed by atoms with Gasteiger partial charge in [0.05, 0.1) is 20.9 Å². The minimum absolute atomic E-state index is 0.104. The number of halogens is 2. The predicted octanol–water partition coefficient (Wildman–Crippen LogP) is 4.67. The number of aromatic nitrogens is 1. The number of carbonyl (C=O) groups excluding carboxylic acids is 1. The normalized spacial score (nSPS) is 10.6. The van der Waals surface area contributed by atoms with Crippen LogP contribution in [0.4, 0.5) is 5.69 Å². The third-order valence-electron chi connectivity index (χ3n) is 3.26. The van der Waals surface area contributed by atoms with Crippen molar-refractivity contribution in [3.8, 4) is 5.75 Å². The highest BCUT2D eigenvalue weighted by molar-refractivity contribution is 6.36. The van der Waals surface area contributed by atoms with Crippen LogP contribution in [-0.4, -0.2) is 15.9 Å². The van der Waals surface area contributed by atoms with Crippen LogP contribution < -0.4 is 4.74 Å². The summed E-state index contributed by atoms with van der Waals surface area (Å²) < 4.78 is 5.32. The zero-order valence-corrected chi connectivity index (χ0v) is 13.4. The lowest BCUT2D eigenvalue weighted by Crippen LogP contribution is -2.10. The maximum absolute atomic E-state index is 12.3. The molecule has 0 spiro atoms. The lowest BCUT2D eigenvalue weighted by molar-refractivity contribution is -0.383. The first-order valence-corrected chi connectivity index (χ1v) is 7.42. The zero-order chi connectivity index (χ0) is 17.3. The van der Waals surface area contributed by atoms with Crippen LogP contribution in [-0.2, 0) is 0 Å². The highest BCUT2D eigenvalue weighted by atomic mass is 35.5. The summed E-state index contributed by atoms with van der Waals surface area (Å²) in [5, 5.41) is 11.9. The second-order valence-electron chi connectivity index (χ2n) is 4.75. The molecule has 0 amide bonds. The third kappa shape index (κ3) is 3.02. The van der Waals surface area contributed by atoms with Crippen molar-refractivity contribution in [3.05, 3.63) is 74.4 Å². The van der Waals surface area contributed by atoms with Crippen molar-refractivity contribution in [3.63, 3.8) is 0 Å². The van der Waals surface area contributed by atoms with Crippen LogP contribution in [0.1, 0.15) is 10.4 Å². The summed E-state index contributed by atoms with van der Waals surface area (Å²) in [6.45, 7) is 0. The minimum atomic E-state index is -0.711. The van der Waals surface area contributed by atoms with E-state index in [9.17, 15) is 14.9 Å². The maximum atomic E-state index is 12.3. The van der Waals surface area contributed by atoms with Gasteiger partial charge in [-0.1, -0.05) is 23.2 Å². The molecule has 0 unspecified atom stereocenters. The molecule has 24 heavy (non-hydrogen) atoms. The van der Waals surface area contributed by atoms with Gasteiger partial charge in [-0.15, -0.1) is 0 Å². The maximum Gasteiger partial charge on any atom is 0.345 e. The number of pyridine rings is 1. The van der Waals surface area contributed by atoms with Crippen LogP contribution in [0.2, 0.25) is 10.0 Å². The van der Waals surface area contributed by atoms with Crippen molar-refractivity contribution in [1.82, 2.24) is 4.98 Å². The first kappa shape index (κ1) is 16.2. The van der Waals surface area contributed by atoms with Crippen LogP contribution in [0.15, 0.2) is 48.7 Å². The van der Waals surface area contributed by atoms with Crippen LogP contribution in [0.25, 0.3) is 10.9 Å². The smallest absolute Gasteiger partial charge is 0.345 e. The average molecular weight is 363 g/mol. The Hall–Kier alpha value is -2.70. The fourth-order valence-electron chi connectivity index (χ4n) is 2.18. The molecule has 0 bridgehead atoms. The number of benzene rings is 2. The fraction of sp³-hybridized carbons (Fsp3) is 0. The molecule has 0 radical (unpaired) electrons. The van der Waals surface area contributed by atoms with E-state index in [-0.39, 0.29) is 32.9 Å². The molecular formula is C16H8Cl2N2O4. The first-order chi connectivity index (χ1) is 11.5. The summed E-state index contributed by atoms with van der Waals surface area (Å²) in [5.74, 6) is -0.607. The highest BCUT2D eigenvalue weighted by Crippen LogP contribution is 2.32. The first-order valence-electron chi connectivity index (χ1n) is 6.66. The van der Waals surface area contributed by atoms with Crippen molar-refractivity contribution >= 4 is 45.8 Å². The van der Waals surface area contributed by atoms with E-state index in [1.807, 2.05) is 0 Å². The number of hydrogen-bond acceptors (Lipinski definition) is 5. The van der Waals surface area contributed by atoms with E-state index in [1.165, 1.54) is 42.6 Å². The molecule has 1 aromatic heterocycles. The van der Waals surface area contributed by atoms with E-state index >= 15 is 0 Å². The quantitative estimate of drug-likeness (QED) is 0.292. The third-order valence-corrected chi connectivity index (χ3v) is 3.81. The van der Waals surface area contributed by atoms with Gasteiger partial charge in [0.2, 0.25) is 0 Å². The predicted molar refractivity (Wildman–Crippen MR) is 89.8 cm³/mol. The Labute approximate surface area is 145 Å². The van der Waals surface area contributed by atoms with Crippen molar-refractivity contribution in [2.75, 3.05) is 0 Å². The molecule has 3 rings (SSSR count). The average Bonchev–Trinajstić information content (AvgIpc) is 2.54. The monoisotopic (exact) mass is 362 g/mol. The number of nitrogens with zero attached hydrogens (tertiary/aromatic N) is 2. The molecule has 2 aromatic carbocycles. The number of hydrogen-bond donors (Lipinski definition) is 0. The van der Waals surface area contributed by atoms with Gasteiger partial charge in [-0.2, -0.15) is 0 Å². The summed E-state index contributed by atoms with van der Waals surface area (Å²) in [5.41, 5.74) is 0.219. The number of nitro groups is 1. The van der Waals surface area contributed by atoms with Gasteiger partial charge in [0.15, 0.2) is 5.75 Å². The Morgan fingerprint density at radius 1 is 1.17 bits per heavy atom. The van der Waals surface area contributed by atoms with Crippen molar-refractivity contribution in [2.24, 2.45) is 0 Å². The summed E-state index contributed by atoms with van der Waals surface area (Å²) in [7, 11) is 0. The molecule has 120 valence electrons. The van der Waals surface area contributed by atoms with E-state index in [2.05, 4.69) is 4.98 Å². The van der Waals surface area contributed by atoms with Gasteiger partial charge in [0.1, 0.15) is 5.52 Å². The summed E-state index contributed by atoms with van der Waals surface area (Å²) >= 11 is 11.8. The largest absolute Gasteiger partial charge is 0.421 e. The molecule has 1 heterocycles. The Morgan fingerprint density at radius 3 is 2.67 bits per heavy atom. The van der Waals surface area contributed by atoms with Gasteiger partial charge >= 0.3 is 5.97 Å². The number of fused-ring (bicyclic) bond motifs is 1. The van der Waals surface area contributed by atoms with Gasteiger partial charge in [0.25, 0.3) is 5.69 Å². The van der Waals surface area contributed by atoms with Crippen LogP contribution >= 0.6 is 23.2 Å². The Kier molecular flexibility index (Phi) is 4.33. The van der Waals surface area contributed by atoms with Gasteiger partial charge in [-0.3, -0.25) is 15.1 Å². The summed E-state index contributed by atoms with van der Waals surface area (Å²) in [4.78, 5) is 26.9. The molecule has 0 N–H and O–H groups in total. The van der Waals surface area contributed by atoms with Crippen molar-refractivity contribution in [1.29, 1.82) is 0 Å². The van der Waals surface area contributed by atoms with Crippen LogP contribution in [0, 0.1) is 10.1 Å². The summed E-state index contributed by atoms with van der Waals surface area (Å²) in [6.07, 6.45) is 1.46. The van der Waals surface area contributed by atoms with Gasteiger partial charge in [-0.25, -0.2) is 4.79 Å². The zero-order valence-electron chi connectivity index (χ0n) is 11.9. The lowest BCUT2D eigenvalue weighted by atomic mass is 10.1. The number of rotatable bonds is 3. The van der Waals surface area contributed by atoms with E-state index in [0.717, 1.165) is 0 Å². The molecule has 0 fully saturated rings. The molecule has 0 atom stereocenters. The van der Waals surface area contributed by atoms with E-state index in [1.54, 1.807) is 6.07 Å². The molecule has 0 saturated heterocycles. The standard InChI is InChI=1S/C16H8Cl2N2O4/c17-9-3-4-10(12(18)8-9)16(21)24-14-6-5-13(20(22)23)11-2-1-7-19-15(11)14/h1-8H. The minimum Gasteiger partial charge on any atom is -0.421 e. The van der Waals surface area contributed by atoms with Crippen molar-refractivity contribution < 1.29 is 14.5 Å². The van der Waals surface area contributed by atoms with Crippen LogP contribution in [0.5, 0.6) is 5.75 Å². The van der Waals surface area contributed by atoms with E-state index in [0.29, 0.717) is 5.02 Å². The fourth-order valence-corrected chi connectivity index (χ4v) is 2.67. The Bertz CT molecular complexity index is 975.